The highest BCUT2D eigenvalue weighted by Crippen LogP contribution is 2.17. The van der Waals surface area contributed by atoms with Gasteiger partial charge in [0, 0.05) is 37.1 Å². The fourth-order valence-electron chi connectivity index (χ4n) is 2.90. The Kier molecular flexibility index (Phi) is 6.06. The molecule has 9 heteroatoms. The molecule has 0 radical (unpaired) electrons. The number of carbonyl (C=O) groups excluding carboxylic acids is 2. The maximum Gasteiger partial charge on any atom is 0.273 e. The third-order valence-corrected chi connectivity index (χ3v) is 4.29. The van der Waals surface area contributed by atoms with E-state index in [0.29, 0.717) is 18.1 Å². The van der Waals surface area contributed by atoms with E-state index in [0.717, 1.165) is 30.7 Å². The van der Waals surface area contributed by atoms with Gasteiger partial charge in [-0.2, -0.15) is 10.2 Å². The van der Waals surface area contributed by atoms with Crippen molar-refractivity contribution in [2.75, 3.05) is 10.6 Å². The number of benzene rings is 1. The minimum absolute atomic E-state index is 0.0722. The number of nitrogens with one attached hydrogen (secondary N) is 2. The van der Waals surface area contributed by atoms with E-state index in [-0.39, 0.29) is 11.3 Å². The molecule has 2 N–H and O–H groups in total. The third-order valence-electron chi connectivity index (χ3n) is 4.29. The van der Waals surface area contributed by atoms with Crippen molar-refractivity contribution < 1.29 is 14.0 Å². The molecular weight excluding hydrogens is 375 g/mol. The molecule has 152 valence electrons. The van der Waals surface area contributed by atoms with E-state index >= 15 is 0 Å². The molecular formula is C20H23FN6O2. The topological polar surface area (TPSA) is 93.8 Å². The minimum Gasteiger partial charge on any atom is -0.321 e. The summed E-state index contributed by atoms with van der Waals surface area (Å²) in [7, 11) is 1.67. The number of rotatable bonds is 7. The van der Waals surface area contributed by atoms with Crippen molar-refractivity contribution in [1.29, 1.82) is 0 Å². The molecule has 0 aliphatic heterocycles. The Labute approximate surface area is 167 Å². The van der Waals surface area contributed by atoms with Crippen molar-refractivity contribution in [3.05, 3.63) is 59.3 Å². The molecule has 29 heavy (non-hydrogen) atoms. The first-order valence-corrected chi connectivity index (χ1v) is 9.39. The summed E-state index contributed by atoms with van der Waals surface area (Å²) in [5.41, 5.74) is 1.42. The van der Waals surface area contributed by atoms with Gasteiger partial charge in [-0.15, -0.1) is 0 Å². The number of aromatic nitrogens is 4. The quantitative estimate of drug-likeness (QED) is 0.639. The van der Waals surface area contributed by atoms with Gasteiger partial charge in [-0.25, -0.2) is 4.39 Å². The maximum absolute atomic E-state index is 14.1. The molecule has 0 spiro atoms. The van der Waals surface area contributed by atoms with E-state index in [1.807, 2.05) is 13.8 Å². The fraction of sp³-hybridized carbons (Fsp3) is 0.300. The Morgan fingerprint density at radius 2 is 1.86 bits per heavy atom. The van der Waals surface area contributed by atoms with E-state index in [1.165, 1.54) is 10.7 Å². The Morgan fingerprint density at radius 3 is 2.55 bits per heavy atom. The number of nitrogens with zero attached hydrogens (tertiary/aromatic N) is 4. The van der Waals surface area contributed by atoms with Gasteiger partial charge in [-0.1, -0.05) is 13.3 Å². The summed E-state index contributed by atoms with van der Waals surface area (Å²) >= 11 is 0. The van der Waals surface area contributed by atoms with E-state index < -0.39 is 17.6 Å². The van der Waals surface area contributed by atoms with Crippen molar-refractivity contribution in [1.82, 2.24) is 19.6 Å². The SMILES string of the molecule is CCCc1cc(C(=O)Nc2cc(F)cc(C(=O)Nc3ccn(CC)n3)c2)n(C)n1. The van der Waals surface area contributed by atoms with E-state index in [4.69, 9.17) is 0 Å². The zero-order valence-corrected chi connectivity index (χ0v) is 16.6. The molecule has 0 aliphatic carbocycles. The highest BCUT2D eigenvalue weighted by Gasteiger charge is 2.16. The normalized spacial score (nSPS) is 10.8. The van der Waals surface area contributed by atoms with E-state index in [1.54, 1.807) is 30.1 Å². The Balaban J connectivity index is 1.76. The van der Waals surface area contributed by atoms with Gasteiger partial charge in [0.25, 0.3) is 11.8 Å². The predicted molar refractivity (Wildman–Crippen MR) is 107 cm³/mol. The number of aryl methyl sites for hydroxylation is 3. The summed E-state index contributed by atoms with van der Waals surface area (Å²) in [5, 5.41) is 13.7. The first-order valence-electron chi connectivity index (χ1n) is 9.39. The Hall–Kier alpha value is -3.49. The van der Waals surface area contributed by atoms with Gasteiger partial charge in [0.2, 0.25) is 0 Å². The van der Waals surface area contributed by atoms with Crippen molar-refractivity contribution >= 4 is 23.3 Å². The lowest BCUT2D eigenvalue weighted by Gasteiger charge is -2.08. The molecule has 0 fully saturated rings. The zero-order chi connectivity index (χ0) is 21.0. The van der Waals surface area contributed by atoms with Crippen LogP contribution in [-0.4, -0.2) is 31.4 Å². The summed E-state index contributed by atoms with van der Waals surface area (Å²) in [5.74, 6) is -1.22. The van der Waals surface area contributed by atoms with Crippen LogP contribution in [0.1, 0.15) is 46.8 Å². The lowest BCUT2D eigenvalue weighted by Crippen LogP contribution is -2.17. The van der Waals surface area contributed by atoms with Crippen LogP contribution in [-0.2, 0) is 20.0 Å². The van der Waals surface area contributed by atoms with Gasteiger partial charge in [0.1, 0.15) is 11.5 Å². The molecule has 3 aromatic rings. The van der Waals surface area contributed by atoms with Crippen LogP contribution in [0.25, 0.3) is 0 Å². The Morgan fingerprint density at radius 1 is 1.07 bits per heavy atom. The molecule has 2 aromatic heterocycles. The second kappa shape index (κ2) is 8.68. The first kappa shape index (κ1) is 20.2. The second-order valence-electron chi connectivity index (χ2n) is 6.59. The summed E-state index contributed by atoms with van der Waals surface area (Å²) in [6, 6.07) is 7.03. The van der Waals surface area contributed by atoms with Crippen LogP contribution in [0.5, 0.6) is 0 Å². The lowest BCUT2D eigenvalue weighted by molar-refractivity contribution is 0.101. The number of halogens is 1. The van der Waals surface area contributed by atoms with Crippen LogP contribution in [0.4, 0.5) is 15.9 Å². The average molecular weight is 398 g/mol. The van der Waals surface area contributed by atoms with Gasteiger partial charge in [0.15, 0.2) is 5.82 Å². The zero-order valence-electron chi connectivity index (χ0n) is 16.6. The van der Waals surface area contributed by atoms with Gasteiger partial charge in [0.05, 0.1) is 5.69 Å². The van der Waals surface area contributed by atoms with Crippen molar-refractivity contribution in [2.45, 2.75) is 33.2 Å². The molecule has 0 bridgehead atoms. The highest BCUT2D eigenvalue weighted by molar-refractivity contribution is 6.06. The van der Waals surface area contributed by atoms with Crippen LogP contribution in [0.3, 0.4) is 0 Å². The van der Waals surface area contributed by atoms with E-state index in [9.17, 15) is 14.0 Å². The molecule has 8 nitrogen and oxygen atoms in total. The monoisotopic (exact) mass is 398 g/mol. The van der Waals surface area contributed by atoms with E-state index in [2.05, 4.69) is 20.8 Å². The molecule has 0 atom stereocenters. The predicted octanol–water partition coefficient (Wildman–Crippen LogP) is 3.23. The fourth-order valence-corrected chi connectivity index (χ4v) is 2.90. The van der Waals surface area contributed by atoms with Gasteiger partial charge >= 0.3 is 0 Å². The lowest BCUT2D eigenvalue weighted by atomic mass is 10.1. The third kappa shape index (κ3) is 4.87. The van der Waals surface area contributed by atoms with Gasteiger partial charge in [-0.05, 0) is 37.6 Å². The minimum atomic E-state index is -0.635. The van der Waals surface area contributed by atoms with Crippen molar-refractivity contribution in [3.8, 4) is 0 Å². The van der Waals surface area contributed by atoms with Gasteiger partial charge < -0.3 is 10.6 Å². The number of hydrogen-bond donors (Lipinski definition) is 2. The second-order valence-corrected chi connectivity index (χ2v) is 6.59. The maximum atomic E-state index is 14.1. The summed E-state index contributed by atoms with van der Waals surface area (Å²) in [4.78, 5) is 25.0. The molecule has 0 saturated carbocycles. The average Bonchev–Trinajstić information content (AvgIpc) is 3.27. The van der Waals surface area contributed by atoms with Crippen LogP contribution in [0, 0.1) is 5.82 Å². The van der Waals surface area contributed by atoms with Crippen LogP contribution >= 0.6 is 0 Å². The van der Waals surface area contributed by atoms with Gasteiger partial charge in [-0.3, -0.25) is 19.0 Å². The molecule has 0 aliphatic rings. The summed E-state index contributed by atoms with van der Waals surface area (Å²) in [6.45, 7) is 4.62. The molecule has 2 amide bonds. The highest BCUT2D eigenvalue weighted by atomic mass is 19.1. The summed E-state index contributed by atoms with van der Waals surface area (Å²) < 4.78 is 17.2. The largest absolute Gasteiger partial charge is 0.321 e. The standard InChI is InChI=1S/C20H23FN6O2/c1-4-6-15-12-17(26(3)24-15)20(29)22-16-10-13(9-14(21)11-16)19(28)23-18-7-8-27(5-2)25-18/h7-12H,4-6H2,1-3H3,(H,22,29)(H,23,25,28). The van der Waals surface area contributed by atoms with Crippen LogP contribution in [0.15, 0.2) is 36.5 Å². The first-order chi connectivity index (χ1) is 13.9. The molecule has 0 saturated heterocycles. The molecule has 3 rings (SSSR count). The number of amides is 2. The number of anilines is 2. The van der Waals surface area contributed by atoms with Crippen LogP contribution in [0.2, 0.25) is 0 Å². The molecule has 0 unspecified atom stereocenters. The summed E-state index contributed by atoms with van der Waals surface area (Å²) in [6.07, 6.45) is 3.41. The Bertz CT molecular complexity index is 1040. The molecule has 1 aromatic carbocycles. The number of hydrogen-bond acceptors (Lipinski definition) is 4. The smallest absolute Gasteiger partial charge is 0.273 e. The van der Waals surface area contributed by atoms with Crippen molar-refractivity contribution in [2.24, 2.45) is 7.05 Å². The van der Waals surface area contributed by atoms with Crippen molar-refractivity contribution in [3.63, 3.8) is 0 Å². The van der Waals surface area contributed by atoms with Crippen LogP contribution < -0.4 is 10.6 Å². The molecule has 2 heterocycles. The number of carbonyl (C=O) groups is 2.